The van der Waals surface area contributed by atoms with Crippen molar-refractivity contribution in [3.8, 4) is 0 Å². The molecule has 3 heterocycles. The largest absolute Gasteiger partial charge is 0.444 e. The van der Waals surface area contributed by atoms with Crippen LogP contribution in [-0.4, -0.2) is 39.7 Å². The molecule has 0 unspecified atom stereocenters. The molecule has 7 heteroatoms. The molecule has 3 aromatic rings. The molecule has 1 fully saturated rings. The number of carbonyl (C=O) groups excluding carboxylic acids is 1. The second kappa shape index (κ2) is 8.73. The van der Waals surface area contributed by atoms with Crippen LogP contribution in [0, 0.1) is 0 Å². The number of rotatable bonds is 2. The van der Waals surface area contributed by atoms with Gasteiger partial charge >= 0.3 is 6.09 Å². The Hall–Kier alpha value is -3.12. The van der Waals surface area contributed by atoms with Gasteiger partial charge in [-0.05, 0) is 75.3 Å². The predicted octanol–water partition coefficient (Wildman–Crippen LogP) is 6.95. The third kappa shape index (κ3) is 3.97. The van der Waals surface area contributed by atoms with Crippen molar-refractivity contribution in [3.63, 3.8) is 0 Å². The van der Waals surface area contributed by atoms with Crippen molar-refractivity contribution in [2.24, 2.45) is 0 Å². The lowest BCUT2D eigenvalue weighted by molar-refractivity contribution is 0.0197. The smallest absolute Gasteiger partial charge is 0.410 e. The lowest BCUT2D eigenvalue weighted by atomic mass is 9.73. The van der Waals surface area contributed by atoms with Gasteiger partial charge in [-0.1, -0.05) is 48.9 Å². The molecule has 1 aliphatic carbocycles. The number of aromatic nitrogens is 2. The first-order chi connectivity index (χ1) is 17.7. The molecule has 3 atom stereocenters. The molecule has 6 nitrogen and oxygen atoms in total. The van der Waals surface area contributed by atoms with Crippen LogP contribution in [0.25, 0.3) is 0 Å². The molecule has 2 aromatic carbocycles. The number of amides is 1. The van der Waals surface area contributed by atoms with Gasteiger partial charge in [0.15, 0.2) is 0 Å². The average molecular weight is 517 g/mol. The molecule has 3 aliphatic rings. The van der Waals surface area contributed by atoms with Gasteiger partial charge in [0.25, 0.3) is 0 Å². The Morgan fingerprint density at radius 3 is 2.68 bits per heavy atom. The van der Waals surface area contributed by atoms with Gasteiger partial charge in [-0.2, -0.15) is 0 Å². The Morgan fingerprint density at radius 2 is 1.92 bits per heavy atom. The van der Waals surface area contributed by atoms with Gasteiger partial charge in [-0.3, -0.25) is 0 Å². The van der Waals surface area contributed by atoms with Crippen LogP contribution in [0.4, 0.5) is 16.3 Å². The number of halogens is 1. The maximum atomic E-state index is 13.6. The van der Waals surface area contributed by atoms with Crippen molar-refractivity contribution in [2.45, 2.75) is 69.9 Å². The van der Waals surface area contributed by atoms with Crippen LogP contribution in [0.15, 0.2) is 54.9 Å². The fraction of sp³-hybridized carbons (Fsp3) is 0.433. The van der Waals surface area contributed by atoms with Gasteiger partial charge in [0.05, 0.1) is 6.04 Å². The lowest BCUT2D eigenvalue weighted by Gasteiger charge is -2.37. The van der Waals surface area contributed by atoms with E-state index >= 15 is 0 Å². The minimum atomic E-state index is -0.575. The molecule has 0 bridgehead atoms. The van der Waals surface area contributed by atoms with E-state index in [2.05, 4.69) is 41.1 Å². The molecule has 1 amide bonds. The zero-order valence-corrected chi connectivity index (χ0v) is 22.6. The van der Waals surface area contributed by atoms with Crippen molar-refractivity contribution in [2.75, 3.05) is 18.0 Å². The first-order valence-corrected chi connectivity index (χ1v) is 13.5. The van der Waals surface area contributed by atoms with Crippen LogP contribution in [0.3, 0.4) is 0 Å². The Balaban J connectivity index is 1.51. The van der Waals surface area contributed by atoms with E-state index in [-0.39, 0.29) is 17.6 Å². The van der Waals surface area contributed by atoms with Crippen molar-refractivity contribution >= 4 is 29.2 Å². The summed E-state index contributed by atoms with van der Waals surface area (Å²) in [6.07, 6.45) is 4.29. The van der Waals surface area contributed by atoms with E-state index in [1.54, 1.807) is 6.33 Å². The van der Waals surface area contributed by atoms with Gasteiger partial charge in [0.1, 0.15) is 17.7 Å². The number of nitrogens with zero attached hydrogens (tertiary/aromatic N) is 4. The molecule has 6 rings (SSSR count). The summed E-state index contributed by atoms with van der Waals surface area (Å²) in [5.74, 6) is 1.39. The number of benzene rings is 2. The minimum Gasteiger partial charge on any atom is -0.444 e. The van der Waals surface area contributed by atoms with Gasteiger partial charge in [-0.15, -0.1) is 0 Å². The van der Waals surface area contributed by atoms with E-state index in [0.717, 1.165) is 47.6 Å². The highest BCUT2D eigenvalue weighted by atomic mass is 35.5. The van der Waals surface area contributed by atoms with Gasteiger partial charge in [0, 0.05) is 40.5 Å². The monoisotopic (exact) mass is 516 g/mol. The summed E-state index contributed by atoms with van der Waals surface area (Å²) >= 11 is 6.63. The van der Waals surface area contributed by atoms with E-state index in [1.165, 1.54) is 5.56 Å². The number of anilines is 2. The maximum absolute atomic E-state index is 13.6. The van der Waals surface area contributed by atoms with Crippen LogP contribution in [-0.2, 0) is 16.6 Å². The standard InChI is InChI=1S/C30H33ClN4O2/c1-19-10-12-23-25(19)27(33-18-32-23)35-17-30(22-16-21(31)11-13-24(22)35)14-15-34(28(36)37-29(2,3)4)26(30)20-8-6-5-7-9-20/h5-9,11,13,16,18-19,26H,10,12,14-15,17H2,1-4H3/t19-,26-,30-/m1/s1. The van der Waals surface area contributed by atoms with E-state index in [9.17, 15) is 4.79 Å². The highest BCUT2D eigenvalue weighted by Gasteiger charge is 2.57. The molecule has 1 spiro atoms. The first kappa shape index (κ1) is 24.2. The summed E-state index contributed by atoms with van der Waals surface area (Å²) in [5, 5.41) is 0.698. The highest BCUT2D eigenvalue weighted by molar-refractivity contribution is 6.30. The first-order valence-electron chi connectivity index (χ1n) is 13.1. The molecule has 1 aromatic heterocycles. The third-order valence-corrected chi connectivity index (χ3v) is 8.35. The van der Waals surface area contributed by atoms with Crippen LogP contribution in [0.2, 0.25) is 5.02 Å². The summed E-state index contributed by atoms with van der Waals surface area (Å²) in [4.78, 5) is 27.3. The summed E-state index contributed by atoms with van der Waals surface area (Å²) in [5.41, 5.74) is 4.83. The Bertz CT molecular complexity index is 1360. The molecule has 192 valence electrons. The number of carbonyl (C=O) groups is 1. The molecule has 37 heavy (non-hydrogen) atoms. The van der Waals surface area contributed by atoms with Crippen molar-refractivity contribution in [1.82, 2.24) is 14.9 Å². The quantitative estimate of drug-likeness (QED) is 0.369. The Labute approximate surface area is 223 Å². The molecule has 2 aliphatic heterocycles. The van der Waals surface area contributed by atoms with Crippen molar-refractivity contribution < 1.29 is 9.53 Å². The summed E-state index contributed by atoms with van der Waals surface area (Å²) in [7, 11) is 0. The molecule has 0 radical (unpaired) electrons. The third-order valence-electron chi connectivity index (χ3n) is 8.11. The summed E-state index contributed by atoms with van der Waals surface area (Å²) in [6.45, 7) is 9.32. The van der Waals surface area contributed by atoms with E-state index in [1.807, 2.05) is 49.9 Å². The number of likely N-dealkylation sites (tertiary alicyclic amines) is 1. The number of hydrogen-bond donors (Lipinski definition) is 0. The maximum Gasteiger partial charge on any atom is 0.410 e. The lowest BCUT2D eigenvalue weighted by Crippen LogP contribution is -2.42. The van der Waals surface area contributed by atoms with Gasteiger partial charge in [0.2, 0.25) is 0 Å². The zero-order chi connectivity index (χ0) is 25.9. The second-order valence-electron chi connectivity index (χ2n) is 11.6. The minimum absolute atomic E-state index is 0.196. The zero-order valence-electron chi connectivity index (χ0n) is 21.9. The molecular formula is C30H33ClN4O2. The van der Waals surface area contributed by atoms with Crippen molar-refractivity contribution in [3.05, 3.63) is 82.3 Å². The van der Waals surface area contributed by atoms with Crippen LogP contribution in [0.1, 0.15) is 74.9 Å². The van der Waals surface area contributed by atoms with Crippen LogP contribution in [0.5, 0.6) is 0 Å². The number of aryl methyl sites for hydroxylation is 1. The second-order valence-corrected chi connectivity index (χ2v) is 12.1. The molecular weight excluding hydrogens is 484 g/mol. The van der Waals surface area contributed by atoms with Gasteiger partial charge < -0.3 is 14.5 Å². The summed E-state index contributed by atoms with van der Waals surface area (Å²) in [6, 6.07) is 16.3. The molecule has 1 saturated heterocycles. The number of hydrogen-bond acceptors (Lipinski definition) is 5. The topological polar surface area (TPSA) is 58.6 Å². The van der Waals surface area contributed by atoms with Crippen molar-refractivity contribution in [1.29, 1.82) is 0 Å². The Kier molecular flexibility index (Phi) is 5.72. The summed E-state index contributed by atoms with van der Waals surface area (Å²) < 4.78 is 5.90. The number of fused-ring (bicyclic) bond motifs is 3. The average Bonchev–Trinajstić information content (AvgIpc) is 3.53. The SMILES string of the molecule is C[C@@H]1CCc2ncnc(N3C[C@]4(CCN(C(=O)OC(C)(C)C)[C@@H]4c4ccccc4)c4cc(Cl)ccc43)c21. The Morgan fingerprint density at radius 1 is 1.14 bits per heavy atom. The number of ether oxygens (including phenoxy) is 1. The van der Waals surface area contributed by atoms with Crippen LogP contribution < -0.4 is 4.90 Å². The van der Waals surface area contributed by atoms with E-state index < -0.39 is 5.60 Å². The normalized spacial score (nSPS) is 24.5. The predicted molar refractivity (Wildman–Crippen MR) is 146 cm³/mol. The van der Waals surface area contributed by atoms with Gasteiger partial charge in [-0.25, -0.2) is 14.8 Å². The van der Waals surface area contributed by atoms with E-state index in [4.69, 9.17) is 21.3 Å². The van der Waals surface area contributed by atoms with Crippen LogP contribution >= 0.6 is 11.6 Å². The van der Waals surface area contributed by atoms with E-state index in [0.29, 0.717) is 24.0 Å². The fourth-order valence-corrected chi connectivity index (χ4v) is 6.78. The molecule has 0 N–H and O–H groups in total. The highest BCUT2D eigenvalue weighted by Crippen LogP contribution is 2.58. The fourth-order valence-electron chi connectivity index (χ4n) is 6.61. The molecule has 0 saturated carbocycles.